The van der Waals surface area contributed by atoms with Crippen molar-refractivity contribution >= 4 is 5.91 Å². The van der Waals surface area contributed by atoms with E-state index in [2.05, 4.69) is 32.1 Å². The Labute approximate surface area is 205 Å². The first-order chi connectivity index (χ1) is 16.9. The second-order valence-electron chi connectivity index (χ2n) is 8.57. The van der Waals surface area contributed by atoms with Crippen LogP contribution in [0.5, 0.6) is 17.4 Å². The number of hydrogen-bond acceptors (Lipinski definition) is 8. The Morgan fingerprint density at radius 1 is 1.03 bits per heavy atom. The lowest BCUT2D eigenvalue weighted by molar-refractivity contribution is 0.0941. The molecule has 0 radical (unpaired) electrons. The van der Waals surface area contributed by atoms with Crippen LogP contribution >= 0.6 is 0 Å². The van der Waals surface area contributed by atoms with Crippen LogP contribution in [0, 0.1) is 0 Å². The summed E-state index contributed by atoms with van der Waals surface area (Å²) >= 11 is 0. The standard InChI is InChI=1S/C26H31N5O4/c1-3-35-21-7-5-4-6-20(21)16-27-25(33)22-23(32)26(34)29-24(28-22)19-10-8-18(9-11-19)17-31-14-12-30(2)13-15-31/h4-11,32H,3,12-17H2,1-2H3,(H,27,33)(H,28,29,34). The number of amides is 1. The Balaban J connectivity index is 1.47. The first-order valence-electron chi connectivity index (χ1n) is 11.7. The minimum Gasteiger partial charge on any atom is -0.501 e. The normalized spacial score (nSPS) is 14.6. The highest BCUT2D eigenvalue weighted by Gasteiger charge is 2.21. The van der Waals surface area contributed by atoms with Crippen molar-refractivity contribution in [3.8, 4) is 28.8 Å². The van der Waals surface area contributed by atoms with Crippen molar-refractivity contribution in [2.45, 2.75) is 20.0 Å². The number of aromatic nitrogens is 2. The van der Waals surface area contributed by atoms with Crippen LogP contribution in [0.4, 0.5) is 0 Å². The average Bonchev–Trinajstić information content (AvgIpc) is 2.87. The molecule has 1 aliphatic heterocycles. The molecular weight excluding hydrogens is 446 g/mol. The molecule has 1 fully saturated rings. The van der Waals surface area contributed by atoms with E-state index in [9.17, 15) is 15.0 Å². The third kappa shape index (κ3) is 6.06. The molecule has 4 rings (SSSR count). The molecule has 9 heteroatoms. The zero-order chi connectivity index (χ0) is 24.8. The van der Waals surface area contributed by atoms with E-state index in [1.54, 1.807) is 0 Å². The second kappa shape index (κ2) is 11.2. The fourth-order valence-electron chi connectivity index (χ4n) is 3.96. The van der Waals surface area contributed by atoms with Gasteiger partial charge in [0.05, 0.1) is 6.61 Å². The molecule has 9 nitrogen and oxygen atoms in total. The van der Waals surface area contributed by atoms with E-state index >= 15 is 0 Å². The van der Waals surface area contributed by atoms with Gasteiger partial charge in [0.25, 0.3) is 11.8 Å². The van der Waals surface area contributed by atoms with E-state index in [4.69, 9.17) is 4.74 Å². The van der Waals surface area contributed by atoms with Crippen LogP contribution in [-0.4, -0.2) is 75.7 Å². The number of ether oxygens (including phenoxy) is 1. The average molecular weight is 478 g/mol. The molecule has 1 aromatic heterocycles. The van der Waals surface area contributed by atoms with Crippen LogP contribution < -0.4 is 10.1 Å². The number of rotatable bonds is 8. The van der Waals surface area contributed by atoms with Crippen molar-refractivity contribution in [3.05, 3.63) is 65.4 Å². The number of benzene rings is 2. The Hall–Kier alpha value is -3.69. The van der Waals surface area contributed by atoms with Crippen LogP contribution in [-0.2, 0) is 13.1 Å². The van der Waals surface area contributed by atoms with Gasteiger partial charge >= 0.3 is 0 Å². The highest BCUT2D eigenvalue weighted by Crippen LogP contribution is 2.29. The number of hydrogen-bond donors (Lipinski definition) is 3. The Kier molecular flexibility index (Phi) is 7.79. The Morgan fingerprint density at radius 2 is 1.74 bits per heavy atom. The highest BCUT2D eigenvalue weighted by atomic mass is 16.5. The van der Waals surface area contributed by atoms with Crippen molar-refractivity contribution < 1.29 is 19.7 Å². The molecule has 0 aliphatic carbocycles. The summed E-state index contributed by atoms with van der Waals surface area (Å²) in [6, 6.07) is 15.1. The number of nitrogens with zero attached hydrogens (tertiary/aromatic N) is 4. The molecule has 0 bridgehead atoms. The number of carbonyl (C=O) groups is 1. The molecule has 3 N–H and O–H groups in total. The minimum absolute atomic E-state index is 0.159. The number of para-hydroxylation sites is 1. The summed E-state index contributed by atoms with van der Waals surface area (Å²) in [5.41, 5.74) is 2.30. The van der Waals surface area contributed by atoms with Gasteiger partial charge in [-0.05, 0) is 25.6 Å². The summed E-state index contributed by atoms with van der Waals surface area (Å²) in [5.74, 6) is -1.10. The van der Waals surface area contributed by atoms with Gasteiger partial charge < -0.3 is 25.2 Å². The molecule has 2 heterocycles. The molecule has 0 saturated carbocycles. The Bertz CT molecular complexity index is 1160. The van der Waals surface area contributed by atoms with Crippen molar-refractivity contribution in [1.82, 2.24) is 25.1 Å². The Morgan fingerprint density at radius 3 is 2.46 bits per heavy atom. The fourth-order valence-corrected chi connectivity index (χ4v) is 3.96. The van der Waals surface area contributed by atoms with Crippen LogP contribution in [0.25, 0.3) is 11.4 Å². The third-order valence-corrected chi connectivity index (χ3v) is 6.01. The second-order valence-corrected chi connectivity index (χ2v) is 8.57. The summed E-state index contributed by atoms with van der Waals surface area (Å²) in [5, 5.41) is 23.2. The molecule has 0 spiro atoms. The smallest absolute Gasteiger partial charge is 0.274 e. The fraction of sp³-hybridized carbons (Fsp3) is 0.346. The zero-order valence-corrected chi connectivity index (χ0v) is 20.1. The number of likely N-dealkylation sites (N-methyl/N-ethyl adjacent to an activating group) is 1. The first kappa shape index (κ1) is 24.4. The van der Waals surface area contributed by atoms with Gasteiger partial charge in [-0.3, -0.25) is 9.69 Å². The summed E-state index contributed by atoms with van der Waals surface area (Å²) in [6.45, 7) is 7.59. The summed E-state index contributed by atoms with van der Waals surface area (Å²) in [4.78, 5) is 25.8. The highest BCUT2D eigenvalue weighted by molar-refractivity contribution is 5.95. The lowest BCUT2D eigenvalue weighted by Gasteiger charge is -2.32. The lowest BCUT2D eigenvalue weighted by atomic mass is 10.1. The van der Waals surface area contributed by atoms with Gasteiger partial charge in [0.1, 0.15) is 5.75 Å². The predicted molar refractivity (Wildman–Crippen MR) is 132 cm³/mol. The van der Waals surface area contributed by atoms with Gasteiger partial charge in [0.15, 0.2) is 11.5 Å². The first-order valence-corrected chi connectivity index (χ1v) is 11.7. The van der Waals surface area contributed by atoms with E-state index in [0.29, 0.717) is 17.9 Å². The zero-order valence-electron chi connectivity index (χ0n) is 20.1. The van der Waals surface area contributed by atoms with Gasteiger partial charge in [0, 0.05) is 50.4 Å². The maximum Gasteiger partial charge on any atom is 0.274 e. The molecule has 35 heavy (non-hydrogen) atoms. The largest absolute Gasteiger partial charge is 0.501 e. The summed E-state index contributed by atoms with van der Waals surface area (Å²) in [7, 11) is 2.13. The van der Waals surface area contributed by atoms with Crippen LogP contribution in [0.15, 0.2) is 48.5 Å². The third-order valence-electron chi connectivity index (χ3n) is 6.01. The van der Waals surface area contributed by atoms with E-state index in [1.807, 2.05) is 55.5 Å². The lowest BCUT2D eigenvalue weighted by Crippen LogP contribution is -2.43. The molecule has 0 unspecified atom stereocenters. The van der Waals surface area contributed by atoms with Crippen molar-refractivity contribution in [2.75, 3.05) is 39.8 Å². The predicted octanol–water partition coefficient (Wildman–Crippen LogP) is 2.63. The molecule has 0 atom stereocenters. The van der Waals surface area contributed by atoms with Gasteiger partial charge in [-0.25, -0.2) is 4.98 Å². The summed E-state index contributed by atoms with van der Waals surface area (Å²) in [6.07, 6.45) is 0. The molecule has 184 valence electrons. The molecule has 3 aromatic rings. The molecule has 1 aliphatic rings. The quantitative estimate of drug-likeness (QED) is 0.454. The SMILES string of the molecule is CCOc1ccccc1CNC(=O)c1nc(-c2ccc(CN3CCN(C)CC3)cc2)nc(O)c1O. The van der Waals surface area contributed by atoms with Crippen LogP contribution in [0.2, 0.25) is 0 Å². The number of nitrogens with one attached hydrogen (secondary N) is 1. The van der Waals surface area contributed by atoms with E-state index in [-0.39, 0.29) is 18.1 Å². The van der Waals surface area contributed by atoms with Crippen LogP contribution in [0.3, 0.4) is 0 Å². The molecular formula is C26H31N5O4. The number of piperazine rings is 1. The van der Waals surface area contributed by atoms with Crippen LogP contribution in [0.1, 0.15) is 28.5 Å². The van der Waals surface area contributed by atoms with Gasteiger partial charge in [0.2, 0.25) is 5.75 Å². The number of aromatic hydroxyl groups is 2. The van der Waals surface area contributed by atoms with E-state index in [1.165, 1.54) is 0 Å². The van der Waals surface area contributed by atoms with Crippen molar-refractivity contribution in [2.24, 2.45) is 0 Å². The number of carbonyl (C=O) groups excluding carboxylic acids is 1. The van der Waals surface area contributed by atoms with Crippen molar-refractivity contribution in [3.63, 3.8) is 0 Å². The topological polar surface area (TPSA) is 111 Å². The van der Waals surface area contributed by atoms with Gasteiger partial charge in [-0.15, -0.1) is 0 Å². The maximum atomic E-state index is 12.8. The summed E-state index contributed by atoms with van der Waals surface area (Å²) < 4.78 is 5.59. The van der Waals surface area contributed by atoms with E-state index in [0.717, 1.165) is 43.9 Å². The van der Waals surface area contributed by atoms with Gasteiger partial charge in [-0.2, -0.15) is 4.98 Å². The van der Waals surface area contributed by atoms with Crippen molar-refractivity contribution in [1.29, 1.82) is 0 Å². The minimum atomic E-state index is -0.656. The van der Waals surface area contributed by atoms with E-state index < -0.39 is 17.5 Å². The monoisotopic (exact) mass is 477 g/mol. The molecule has 1 saturated heterocycles. The maximum absolute atomic E-state index is 12.8. The molecule has 1 amide bonds. The van der Waals surface area contributed by atoms with Gasteiger partial charge in [-0.1, -0.05) is 42.5 Å². The molecule has 2 aromatic carbocycles.